The number of aliphatic hydroxyl groups excluding tert-OH is 1. The first kappa shape index (κ1) is 24.5. The number of piperidine rings is 1. The summed E-state index contributed by atoms with van der Waals surface area (Å²) in [5, 5.41) is 16.2. The highest BCUT2D eigenvalue weighted by Gasteiger charge is 2.40. The van der Waals surface area contributed by atoms with Gasteiger partial charge in [0.15, 0.2) is 0 Å². The van der Waals surface area contributed by atoms with Crippen LogP contribution >= 0.6 is 11.6 Å². The van der Waals surface area contributed by atoms with Crippen molar-refractivity contribution < 1.29 is 9.90 Å². The molecule has 0 radical (unpaired) electrons. The van der Waals surface area contributed by atoms with Crippen molar-refractivity contribution in [1.82, 2.24) is 15.3 Å². The zero-order valence-corrected chi connectivity index (χ0v) is 21.1. The molecule has 1 amide bonds. The van der Waals surface area contributed by atoms with E-state index in [1.807, 2.05) is 48.5 Å². The molecule has 5 rings (SSSR count). The molecule has 1 aliphatic heterocycles. The maximum Gasteiger partial charge on any atom is 0.256 e. The maximum absolute atomic E-state index is 13.1. The van der Waals surface area contributed by atoms with Gasteiger partial charge in [-0.25, -0.2) is 4.98 Å². The number of aromatic nitrogens is 2. The van der Waals surface area contributed by atoms with Crippen molar-refractivity contribution in [2.75, 3.05) is 23.3 Å². The van der Waals surface area contributed by atoms with Crippen molar-refractivity contribution >= 4 is 29.3 Å². The standard InChI is InChI=1S/C28H32ClN5O2/c29-24-15-21(7-8-22(24)19-35)17-30-25-23(26(36)31-16-20-5-2-1-3-6-20)18-32-27(33-25)34-13-11-28(12-14-34)9-4-10-28/h1-3,5-8,15,18,35H,4,9-14,16-17,19H2,(H,31,36)(H,30,32,33). The second-order valence-corrected chi connectivity index (χ2v) is 10.3. The molecule has 188 valence electrons. The largest absolute Gasteiger partial charge is 0.392 e. The summed E-state index contributed by atoms with van der Waals surface area (Å²) < 4.78 is 0. The monoisotopic (exact) mass is 505 g/mol. The Morgan fingerprint density at radius 3 is 2.47 bits per heavy atom. The minimum absolute atomic E-state index is 0.106. The summed E-state index contributed by atoms with van der Waals surface area (Å²) in [6.07, 6.45) is 8.00. The predicted octanol–water partition coefficient (Wildman–Crippen LogP) is 4.93. The van der Waals surface area contributed by atoms with E-state index in [2.05, 4.69) is 20.5 Å². The Hall–Kier alpha value is -3.16. The van der Waals surface area contributed by atoms with Crippen molar-refractivity contribution in [3.05, 3.63) is 82.0 Å². The summed E-state index contributed by atoms with van der Waals surface area (Å²) in [7, 11) is 0. The molecule has 1 aliphatic carbocycles. The van der Waals surface area contributed by atoms with E-state index in [4.69, 9.17) is 16.6 Å². The first-order valence-electron chi connectivity index (χ1n) is 12.6. The lowest BCUT2D eigenvalue weighted by atomic mass is 9.63. The van der Waals surface area contributed by atoms with Gasteiger partial charge in [0.2, 0.25) is 5.95 Å². The van der Waals surface area contributed by atoms with Gasteiger partial charge in [-0.15, -0.1) is 0 Å². The fourth-order valence-electron chi connectivity index (χ4n) is 5.07. The van der Waals surface area contributed by atoms with Crippen molar-refractivity contribution in [2.45, 2.75) is 51.8 Å². The molecule has 2 aliphatic rings. The molecule has 0 atom stereocenters. The van der Waals surface area contributed by atoms with E-state index in [0.717, 1.165) is 24.2 Å². The van der Waals surface area contributed by atoms with E-state index in [1.54, 1.807) is 6.20 Å². The number of carbonyl (C=O) groups excluding carboxylic acids is 1. The molecule has 36 heavy (non-hydrogen) atoms. The van der Waals surface area contributed by atoms with Crippen LogP contribution in [0.4, 0.5) is 11.8 Å². The number of hydrogen-bond acceptors (Lipinski definition) is 6. The molecule has 1 saturated heterocycles. The third kappa shape index (κ3) is 5.47. The summed E-state index contributed by atoms with van der Waals surface area (Å²) in [5.74, 6) is 0.922. The summed E-state index contributed by atoms with van der Waals surface area (Å²) in [5.41, 5.74) is 3.57. The number of carbonyl (C=O) groups is 1. The van der Waals surface area contributed by atoms with Crippen LogP contribution in [0.3, 0.4) is 0 Å². The van der Waals surface area contributed by atoms with Crippen molar-refractivity contribution in [1.29, 1.82) is 0 Å². The Kier molecular flexibility index (Phi) is 7.39. The van der Waals surface area contributed by atoms with Gasteiger partial charge in [-0.1, -0.05) is 60.5 Å². The number of benzene rings is 2. The third-order valence-corrected chi connectivity index (χ3v) is 7.94. The fraction of sp³-hybridized carbons (Fsp3) is 0.393. The van der Waals surface area contributed by atoms with Crippen LogP contribution in [0.5, 0.6) is 0 Å². The number of rotatable bonds is 8. The highest BCUT2D eigenvalue weighted by molar-refractivity contribution is 6.31. The molecule has 7 nitrogen and oxygen atoms in total. The van der Waals surface area contributed by atoms with Crippen LogP contribution in [0.2, 0.25) is 5.02 Å². The van der Waals surface area contributed by atoms with E-state index < -0.39 is 0 Å². The van der Waals surface area contributed by atoms with Crippen LogP contribution in [0.15, 0.2) is 54.7 Å². The zero-order chi connectivity index (χ0) is 25.0. The van der Waals surface area contributed by atoms with Gasteiger partial charge in [0.1, 0.15) is 11.4 Å². The fourth-order valence-corrected chi connectivity index (χ4v) is 5.33. The second kappa shape index (κ2) is 10.8. The predicted molar refractivity (Wildman–Crippen MR) is 142 cm³/mol. The van der Waals surface area contributed by atoms with Crippen LogP contribution < -0.4 is 15.5 Å². The Balaban J connectivity index is 1.34. The van der Waals surface area contributed by atoms with Crippen molar-refractivity contribution in [3.8, 4) is 0 Å². The van der Waals surface area contributed by atoms with Crippen LogP contribution in [-0.4, -0.2) is 34.1 Å². The van der Waals surface area contributed by atoms with E-state index in [1.165, 1.54) is 32.1 Å². The lowest BCUT2D eigenvalue weighted by Gasteiger charge is -2.48. The molecule has 2 fully saturated rings. The molecule has 0 unspecified atom stereocenters. The summed E-state index contributed by atoms with van der Waals surface area (Å²) in [4.78, 5) is 24.7. The third-order valence-electron chi connectivity index (χ3n) is 7.59. The minimum Gasteiger partial charge on any atom is -0.392 e. The van der Waals surface area contributed by atoms with Crippen LogP contribution in [0, 0.1) is 5.41 Å². The lowest BCUT2D eigenvalue weighted by molar-refractivity contribution is 0.0949. The number of amides is 1. The summed E-state index contributed by atoms with van der Waals surface area (Å²) >= 11 is 6.27. The SMILES string of the molecule is O=C(NCc1ccccc1)c1cnc(N2CCC3(CCC3)CC2)nc1NCc1ccc(CO)c(Cl)c1. The van der Waals surface area contributed by atoms with Crippen LogP contribution in [0.25, 0.3) is 0 Å². The topological polar surface area (TPSA) is 90.4 Å². The first-order chi connectivity index (χ1) is 17.5. The van der Waals surface area contributed by atoms with E-state index in [-0.39, 0.29) is 12.5 Å². The zero-order valence-electron chi connectivity index (χ0n) is 20.3. The minimum atomic E-state index is -0.228. The average molecular weight is 506 g/mol. The van der Waals surface area contributed by atoms with Crippen molar-refractivity contribution in [3.63, 3.8) is 0 Å². The molecule has 2 heterocycles. The van der Waals surface area contributed by atoms with Gasteiger partial charge in [0, 0.05) is 37.4 Å². The Labute approximate surface area is 216 Å². The van der Waals surface area contributed by atoms with E-state index in [9.17, 15) is 9.90 Å². The van der Waals surface area contributed by atoms with Gasteiger partial charge in [0.25, 0.3) is 5.91 Å². The van der Waals surface area contributed by atoms with Crippen LogP contribution in [-0.2, 0) is 19.7 Å². The van der Waals surface area contributed by atoms with Crippen molar-refractivity contribution in [2.24, 2.45) is 5.41 Å². The van der Waals surface area contributed by atoms with E-state index in [0.29, 0.717) is 46.4 Å². The molecular formula is C28H32ClN5O2. The second-order valence-electron chi connectivity index (χ2n) is 9.88. The quantitative estimate of drug-likeness (QED) is 0.402. The molecule has 3 aromatic rings. The average Bonchev–Trinajstić information content (AvgIpc) is 2.90. The number of anilines is 2. The highest BCUT2D eigenvalue weighted by Crippen LogP contribution is 2.49. The van der Waals surface area contributed by atoms with Gasteiger partial charge < -0.3 is 20.6 Å². The maximum atomic E-state index is 13.1. The first-order valence-corrected chi connectivity index (χ1v) is 13.0. The summed E-state index contributed by atoms with van der Waals surface area (Å²) in [6.45, 7) is 2.64. The van der Waals surface area contributed by atoms with Gasteiger partial charge >= 0.3 is 0 Å². The normalized spacial score (nSPS) is 16.4. The summed E-state index contributed by atoms with van der Waals surface area (Å²) in [6, 6.07) is 15.3. The highest BCUT2D eigenvalue weighted by atomic mass is 35.5. The smallest absolute Gasteiger partial charge is 0.256 e. The lowest BCUT2D eigenvalue weighted by Crippen LogP contribution is -2.44. The molecule has 1 spiro atoms. The molecule has 2 aromatic carbocycles. The van der Waals surface area contributed by atoms with Gasteiger partial charge in [-0.2, -0.15) is 4.98 Å². The number of nitrogens with zero attached hydrogens (tertiary/aromatic N) is 3. The van der Waals surface area contributed by atoms with Crippen LogP contribution in [0.1, 0.15) is 59.2 Å². The van der Waals surface area contributed by atoms with Gasteiger partial charge in [-0.3, -0.25) is 4.79 Å². The molecule has 3 N–H and O–H groups in total. The number of aliphatic hydroxyl groups is 1. The Morgan fingerprint density at radius 2 is 1.81 bits per heavy atom. The molecule has 1 saturated carbocycles. The van der Waals surface area contributed by atoms with E-state index >= 15 is 0 Å². The Morgan fingerprint density at radius 1 is 1.03 bits per heavy atom. The number of nitrogens with one attached hydrogen (secondary N) is 2. The number of halogens is 1. The molecular weight excluding hydrogens is 474 g/mol. The number of hydrogen-bond donors (Lipinski definition) is 3. The Bertz CT molecular complexity index is 1210. The molecule has 1 aromatic heterocycles. The molecule has 0 bridgehead atoms. The molecule has 8 heteroatoms. The van der Waals surface area contributed by atoms with Gasteiger partial charge in [-0.05, 0) is 53.9 Å². The van der Waals surface area contributed by atoms with Gasteiger partial charge in [0.05, 0.1) is 6.61 Å².